The van der Waals surface area contributed by atoms with E-state index in [4.69, 9.17) is 14.2 Å². The Morgan fingerprint density at radius 3 is 2.28 bits per heavy atom. The molecule has 0 N–H and O–H groups in total. The zero-order valence-electron chi connectivity index (χ0n) is 26.5. The largest absolute Gasteiger partial charge is 0.466 e. The third-order valence-corrected chi connectivity index (χ3v) is 8.10. The van der Waals surface area contributed by atoms with Gasteiger partial charge in [0.25, 0.3) is 0 Å². The molecule has 2 aromatic rings. The minimum atomic E-state index is -0.391. The van der Waals surface area contributed by atoms with Gasteiger partial charge in [0, 0.05) is 51.6 Å². The molecule has 4 rings (SSSR count). The maximum Gasteiger partial charge on any atom is 0.311 e. The van der Waals surface area contributed by atoms with Crippen LogP contribution in [0.4, 0.5) is 0 Å². The minimum absolute atomic E-state index is 0.0172. The second-order valence-electron chi connectivity index (χ2n) is 11.2. The van der Waals surface area contributed by atoms with Gasteiger partial charge >= 0.3 is 5.97 Å². The number of hydrogen-bond acceptors (Lipinski definition) is 7. The monoisotopic (exact) mass is 595 g/mol. The molecule has 2 heterocycles. The summed E-state index contributed by atoms with van der Waals surface area (Å²) in [7, 11) is 2.00. The Morgan fingerprint density at radius 1 is 1.00 bits per heavy atom. The molecule has 9 nitrogen and oxygen atoms in total. The number of nitrogens with zero attached hydrogens (tertiary/aromatic N) is 3. The van der Waals surface area contributed by atoms with Crippen LogP contribution in [0.2, 0.25) is 0 Å². The summed E-state index contributed by atoms with van der Waals surface area (Å²) in [6, 6.07) is 15.6. The molecule has 2 aliphatic heterocycles. The fourth-order valence-corrected chi connectivity index (χ4v) is 5.64. The molecule has 0 spiro atoms. The number of fused-ring (bicyclic) bond motifs is 1. The molecule has 236 valence electrons. The number of rotatable bonds is 14. The smallest absolute Gasteiger partial charge is 0.311 e. The maximum absolute atomic E-state index is 13.1. The van der Waals surface area contributed by atoms with E-state index in [9.17, 15) is 14.4 Å². The van der Waals surface area contributed by atoms with Crippen LogP contribution in [0.5, 0.6) is 11.5 Å². The lowest BCUT2D eigenvalue weighted by atomic mass is 9.84. The van der Waals surface area contributed by atoms with Gasteiger partial charge in [-0.3, -0.25) is 14.4 Å². The van der Waals surface area contributed by atoms with Crippen molar-refractivity contribution in [3.63, 3.8) is 0 Å². The highest BCUT2D eigenvalue weighted by Gasteiger charge is 2.47. The topological polar surface area (TPSA) is 88.6 Å². The van der Waals surface area contributed by atoms with Crippen LogP contribution in [0.1, 0.15) is 70.4 Å². The molecule has 1 fully saturated rings. The van der Waals surface area contributed by atoms with Crippen LogP contribution < -0.4 is 9.47 Å². The quantitative estimate of drug-likeness (QED) is 0.222. The van der Waals surface area contributed by atoms with E-state index in [-0.39, 0.29) is 30.6 Å². The maximum atomic E-state index is 13.1. The average Bonchev–Trinajstić information content (AvgIpc) is 3.61. The fourth-order valence-electron chi connectivity index (χ4n) is 5.64. The lowest BCUT2D eigenvalue weighted by Crippen LogP contribution is -2.45. The van der Waals surface area contributed by atoms with Gasteiger partial charge in [0.2, 0.25) is 19.1 Å². The summed E-state index contributed by atoms with van der Waals surface area (Å²) in [6.07, 6.45) is 5.54. The second-order valence-corrected chi connectivity index (χ2v) is 11.2. The summed E-state index contributed by atoms with van der Waals surface area (Å²) >= 11 is 0. The molecular formula is C34H49N3O6. The highest BCUT2D eigenvalue weighted by Crippen LogP contribution is 2.42. The molecule has 2 aromatic carbocycles. The van der Waals surface area contributed by atoms with E-state index in [0.29, 0.717) is 32.0 Å². The van der Waals surface area contributed by atoms with E-state index in [1.807, 2.05) is 72.3 Å². The highest BCUT2D eigenvalue weighted by atomic mass is 16.7. The molecule has 2 amide bonds. The first-order valence-corrected chi connectivity index (χ1v) is 15.6. The van der Waals surface area contributed by atoms with Gasteiger partial charge in [-0.2, -0.15) is 0 Å². The molecule has 1 saturated heterocycles. The molecule has 3 unspecified atom stereocenters. The molecule has 9 heteroatoms. The third kappa shape index (κ3) is 9.71. The van der Waals surface area contributed by atoms with E-state index in [2.05, 4.69) is 18.7 Å². The number of likely N-dealkylation sites (tertiary alicyclic amines) is 1. The van der Waals surface area contributed by atoms with Gasteiger partial charge in [-0.25, -0.2) is 0 Å². The van der Waals surface area contributed by atoms with E-state index in [1.165, 1.54) is 0 Å². The molecule has 0 radical (unpaired) electrons. The number of unbranched alkanes of at least 4 members (excludes halogenated alkanes) is 2. The standard InChI is InChI=1S/C25H30N2O5.C9H19NO/c1-4-30-25(29)24-20(19-10-11-22-23(12-19)32-16-31-22)14-26(3)21(24)15-27(17(2)28)13-18-8-6-5-7-9-18;1-3-5-7-10(9-11)8-6-4-2/h5-12,20-21,24H,4,13-16H2,1-3H3;9H,3-8H2,1-2H3. The van der Waals surface area contributed by atoms with Crippen molar-refractivity contribution in [2.45, 2.75) is 71.9 Å². The predicted molar refractivity (Wildman–Crippen MR) is 167 cm³/mol. The number of esters is 1. The molecule has 2 aliphatic rings. The van der Waals surface area contributed by atoms with Crippen molar-refractivity contribution in [2.24, 2.45) is 5.92 Å². The van der Waals surface area contributed by atoms with Crippen LogP contribution in [0.25, 0.3) is 0 Å². The number of hydrogen-bond donors (Lipinski definition) is 0. The summed E-state index contributed by atoms with van der Waals surface area (Å²) in [5.74, 6) is 0.715. The van der Waals surface area contributed by atoms with Crippen LogP contribution in [0.15, 0.2) is 48.5 Å². The van der Waals surface area contributed by atoms with Crippen molar-refractivity contribution in [1.82, 2.24) is 14.7 Å². The minimum Gasteiger partial charge on any atom is -0.466 e. The van der Waals surface area contributed by atoms with Gasteiger partial charge < -0.3 is 28.9 Å². The van der Waals surface area contributed by atoms with Crippen molar-refractivity contribution < 1.29 is 28.6 Å². The Balaban J connectivity index is 0.000000393. The number of amides is 2. The molecule has 0 aromatic heterocycles. The molecule has 0 aliphatic carbocycles. The predicted octanol–water partition coefficient (Wildman–Crippen LogP) is 5.09. The summed E-state index contributed by atoms with van der Waals surface area (Å²) in [6.45, 7) is 11.7. The Kier molecular flexibility index (Phi) is 13.8. The zero-order valence-corrected chi connectivity index (χ0v) is 26.5. The Labute approximate surface area is 257 Å². The van der Waals surface area contributed by atoms with Crippen LogP contribution in [0, 0.1) is 5.92 Å². The van der Waals surface area contributed by atoms with Crippen LogP contribution in [-0.4, -0.2) is 85.7 Å². The summed E-state index contributed by atoms with van der Waals surface area (Å²) in [5.41, 5.74) is 2.07. The molecule has 43 heavy (non-hydrogen) atoms. The van der Waals surface area contributed by atoms with Gasteiger partial charge in [0.05, 0.1) is 12.5 Å². The number of benzene rings is 2. The SMILES string of the molecule is CCCCN(C=O)CCCC.CCOC(=O)C1C(c2ccc3c(c2)OCO3)CN(C)C1CN(Cc1ccccc1)C(C)=O. The van der Waals surface area contributed by atoms with Crippen LogP contribution in [0.3, 0.4) is 0 Å². The van der Waals surface area contributed by atoms with Gasteiger partial charge in [0.1, 0.15) is 0 Å². The number of likely N-dealkylation sites (N-methyl/N-ethyl adjacent to an activating group) is 1. The van der Waals surface area contributed by atoms with Crippen molar-refractivity contribution in [3.05, 3.63) is 59.7 Å². The van der Waals surface area contributed by atoms with Gasteiger partial charge in [-0.15, -0.1) is 0 Å². The first kappa shape index (κ1) is 33.9. The van der Waals surface area contributed by atoms with Crippen LogP contribution in [-0.2, 0) is 25.7 Å². The van der Waals surface area contributed by atoms with Crippen LogP contribution >= 0.6 is 0 Å². The average molecular weight is 596 g/mol. The normalized spacial score (nSPS) is 18.9. The van der Waals surface area contributed by atoms with Gasteiger partial charge in [-0.05, 0) is 50.1 Å². The molecule has 0 bridgehead atoms. The van der Waals surface area contributed by atoms with E-state index in [1.54, 1.807) is 6.92 Å². The summed E-state index contributed by atoms with van der Waals surface area (Å²) < 4.78 is 16.5. The van der Waals surface area contributed by atoms with E-state index >= 15 is 0 Å². The van der Waals surface area contributed by atoms with E-state index < -0.39 is 5.92 Å². The van der Waals surface area contributed by atoms with Gasteiger partial charge in [0.15, 0.2) is 11.5 Å². The first-order chi connectivity index (χ1) is 20.8. The Hall–Kier alpha value is -3.59. The molecular weight excluding hydrogens is 546 g/mol. The first-order valence-electron chi connectivity index (χ1n) is 15.6. The number of ether oxygens (including phenoxy) is 3. The molecule has 0 saturated carbocycles. The highest BCUT2D eigenvalue weighted by molar-refractivity contribution is 5.76. The Morgan fingerprint density at radius 2 is 1.67 bits per heavy atom. The fraction of sp³-hybridized carbons (Fsp3) is 0.559. The van der Waals surface area contributed by atoms with Crippen molar-refractivity contribution in [1.29, 1.82) is 0 Å². The lowest BCUT2D eigenvalue weighted by molar-refractivity contribution is -0.150. The summed E-state index contributed by atoms with van der Waals surface area (Å²) in [4.78, 5) is 41.9. The zero-order chi connectivity index (χ0) is 31.2. The second kappa shape index (κ2) is 17.5. The van der Waals surface area contributed by atoms with Crippen molar-refractivity contribution in [3.8, 4) is 11.5 Å². The third-order valence-electron chi connectivity index (χ3n) is 8.10. The number of carbonyl (C=O) groups is 3. The van der Waals surface area contributed by atoms with E-state index in [0.717, 1.165) is 62.1 Å². The summed E-state index contributed by atoms with van der Waals surface area (Å²) in [5, 5.41) is 0. The number of carbonyl (C=O) groups excluding carboxylic acids is 3. The molecule has 3 atom stereocenters. The Bertz CT molecular complexity index is 1150. The van der Waals surface area contributed by atoms with Gasteiger partial charge in [-0.1, -0.05) is 63.1 Å². The lowest BCUT2D eigenvalue weighted by Gasteiger charge is -2.31. The van der Waals surface area contributed by atoms with Crippen molar-refractivity contribution in [2.75, 3.05) is 46.6 Å². The van der Waals surface area contributed by atoms with Crippen molar-refractivity contribution >= 4 is 18.3 Å².